The third kappa shape index (κ3) is 4.07. The maximum Gasteiger partial charge on any atom is 0.311 e. The Hall–Kier alpha value is -1.82. The monoisotopic (exact) mass is 294 g/mol. The van der Waals surface area contributed by atoms with E-state index in [1.807, 2.05) is 13.8 Å². The van der Waals surface area contributed by atoms with Crippen LogP contribution in [-0.2, 0) is 0 Å². The average molecular weight is 294 g/mol. The molecule has 0 saturated heterocycles. The fraction of sp³-hybridized carbons (Fsp3) is 0.600. The van der Waals surface area contributed by atoms with E-state index < -0.39 is 4.92 Å². The van der Waals surface area contributed by atoms with Crippen molar-refractivity contribution in [2.75, 3.05) is 11.9 Å². The van der Waals surface area contributed by atoms with Gasteiger partial charge in [-0.1, -0.05) is 6.42 Å². The zero-order valence-corrected chi connectivity index (χ0v) is 12.4. The van der Waals surface area contributed by atoms with E-state index in [0.717, 1.165) is 24.9 Å². The van der Waals surface area contributed by atoms with E-state index >= 15 is 0 Å². The first-order valence-corrected chi connectivity index (χ1v) is 7.34. The molecule has 2 rings (SSSR count). The van der Waals surface area contributed by atoms with Crippen LogP contribution in [0.3, 0.4) is 0 Å². The van der Waals surface area contributed by atoms with Gasteiger partial charge in [-0.05, 0) is 32.8 Å². The van der Waals surface area contributed by atoms with Crippen LogP contribution in [0.15, 0.2) is 18.2 Å². The van der Waals surface area contributed by atoms with Crippen LogP contribution in [0.5, 0.6) is 5.75 Å². The first-order chi connectivity index (χ1) is 9.97. The molecule has 1 aliphatic rings. The molecule has 0 amide bonds. The van der Waals surface area contributed by atoms with Crippen molar-refractivity contribution in [1.82, 2.24) is 0 Å². The molecular weight excluding hydrogens is 272 g/mol. The van der Waals surface area contributed by atoms with Crippen molar-refractivity contribution < 1.29 is 14.8 Å². The molecule has 1 aliphatic carbocycles. The lowest BCUT2D eigenvalue weighted by Gasteiger charge is -2.17. The summed E-state index contributed by atoms with van der Waals surface area (Å²) in [5, 5.41) is 24.0. The Kier molecular flexibility index (Phi) is 5.01. The van der Waals surface area contributed by atoms with Crippen molar-refractivity contribution in [2.24, 2.45) is 5.92 Å². The summed E-state index contributed by atoms with van der Waals surface area (Å²) in [7, 11) is 0. The van der Waals surface area contributed by atoms with Crippen molar-refractivity contribution in [1.29, 1.82) is 0 Å². The van der Waals surface area contributed by atoms with Gasteiger partial charge in [0.05, 0.1) is 17.1 Å². The molecule has 0 aliphatic heterocycles. The van der Waals surface area contributed by atoms with Crippen LogP contribution in [0.25, 0.3) is 0 Å². The van der Waals surface area contributed by atoms with Crippen molar-refractivity contribution in [3.05, 3.63) is 28.3 Å². The Balaban J connectivity index is 2.07. The summed E-state index contributed by atoms with van der Waals surface area (Å²) in [5.41, 5.74) is 0.741. The van der Waals surface area contributed by atoms with Gasteiger partial charge >= 0.3 is 5.69 Å². The zero-order valence-electron chi connectivity index (χ0n) is 12.4. The molecule has 1 aromatic carbocycles. The summed E-state index contributed by atoms with van der Waals surface area (Å²) < 4.78 is 5.51. The molecule has 6 nitrogen and oxygen atoms in total. The Morgan fingerprint density at radius 2 is 2.24 bits per heavy atom. The Bertz CT molecular complexity index is 504. The zero-order chi connectivity index (χ0) is 15.4. The number of anilines is 1. The number of hydrogen-bond donors (Lipinski definition) is 2. The van der Waals surface area contributed by atoms with Crippen molar-refractivity contribution >= 4 is 11.4 Å². The summed E-state index contributed by atoms with van der Waals surface area (Å²) in [6.45, 7) is 4.33. The molecule has 1 saturated carbocycles. The molecule has 0 aromatic heterocycles. The van der Waals surface area contributed by atoms with E-state index in [9.17, 15) is 15.2 Å². The van der Waals surface area contributed by atoms with Gasteiger partial charge in [-0.3, -0.25) is 10.1 Å². The third-order valence-electron chi connectivity index (χ3n) is 3.71. The van der Waals surface area contributed by atoms with E-state index in [0.29, 0.717) is 6.54 Å². The van der Waals surface area contributed by atoms with Gasteiger partial charge in [0.15, 0.2) is 5.75 Å². The molecule has 0 spiro atoms. The van der Waals surface area contributed by atoms with Gasteiger partial charge in [0, 0.05) is 30.3 Å². The SMILES string of the molecule is CC(C)Oc1cc(NCC2CCCC2O)ccc1[N+](=O)[O-]. The molecular formula is C15H22N2O4. The normalized spacial score (nSPS) is 21.5. The predicted octanol–water partition coefficient (Wildman–Crippen LogP) is 2.95. The number of hydrogen-bond acceptors (Lipinski definition) is 5. The van der Waals surface area contributed by atoms with Gasteiger partial charge < -0.3 is 15.2 Å². The smallest absolute Gasteiger partial charge is 0.311 e. The highest BCUT2D eigenvalue weighted by Gasteiger charge is 2.25. The molecule has 116 valence electrons. The highest BCUT2D eigenvalue weighted by molar-refractivity contribution is 5.58. The number of benzene rings is 1. The lowest BCUT2D eigenvalue weighted by Crippen LogP contribution is -2.21. The fourth-order valence-electron chi connectivity index (χ4n) is 2.63. The van der Waals surface area contributed by atoms with Crippen LogP contribution in [0.2, 0.25) is 0 Å². The van der Waals surface area contributed by atoms with Gasteiger partial charge in [-0.2, -0.15) is 0 Å². The van der Waals surface area contributed by atoms with Gasteiger partial charge in [0.1, 0.15) is 0 Å². The van der Waals surface area contributed by atoms with E-state index in [4.69, 9.17) is 4.74 Å². The quantitative estimate of drug-likeness (QED) is 0.622. The highest BCUT2D eigenvalue weighted by atomic mass is 16.6. The van der Waals surface area contributed by atoms with E-state index in [2.05, 4.69) is 5.32 Å². The third-order valence-corrected chi connectivity index (χ3v) is 3.71. The maximum absolute atomic E-state index is 11.0. The largest absolute Gasteiger partial charge is 0.484 e. The molecule has 2 N–H and O–H groups in total. The number of ether oxygens (including phenoxy) is 1. The number of nitrogens with zero attached hydrogens (tertiary/aromatic N) is 1. The number of aliphatic hydroxyl groups is 1. The first-order valence-electron chi connectivity index (χ1n) is 7.34. The van der Waals surface area contributed by atoms with E-state index in [1.165, 1.54) is 6.07 Å². The number of nitro groups is 1. The van der Waals surface area contributed by atoms with E-state index in [-0.39, 0.29) is 29.6 Å². The van der Waals surface area contributed by atoms with Crippen LogP contribution < -0.4 is 10.1 Å². The Morgan fingerprint density at radius 1 is 1.48 bits per heavy atom. The molecule has 6 heteroatoms. The van der Waals surface area contributed by atoms with Gasteiger partial charge in [0.2, 0.25) is 0 Å². The molecule has 1 fully saturated rings. The molecule has 0 radical (unpaired) electrons. The van der Waals surface area contributed by atoms with Crippen molar-refractivity contribution in [3.8, 4) is 5.75 Å². The lowest BCUT2D eigenvalue weighted by molar-refractivity contribution is -0.386. The minimum atomic E-state index is -0.442. The average Bonchev–Trinajstić information content (AvgIpc) is 2.81. The summed E-state index contributed by atoms with van der Waals surface area (Å²) in [6.07, 6.45) is 2.54. The Labute approximate surface area is 124 Å². The minimum Gasteiger partial charge on any atom is -0.484 e. The van der Waals surface area contributed by atoms with Crippen LogP contribution in [0.1, 0.15) is 33.1 Å². The van der Waals surface area contributed by atoms with Crippen molar-refractivity contribution in [3.63, 3.8) is 0 Å². The second-order valence-electron chi connectivity index (χ2n) is 5.75. The van der Waals surface area contributed by atoms with Crippen LogP contribution in [-0.4, -0.2) is 28.8 Å². The summed E-state index contributed by atoms with van der Waals surface area (Å²) in [5.74, 6) is 0.515. The predicted molar refractivity (Wildman–Crippen MR) is 80.7 cm³/mol. The first kappa shape index (κ1) is 15.6. The molecule has 1 aromatic rings. The number of aliphatic hydroxyl groups excluding tert-OH is 1. The fourth-order valence-corrected chi connectivity index (χ4v) is 2.63. The number of nitro benzene ring substituents is 1. The minimum absolute atomic E-state index is 0.0323. The van der Waals surface area contributed by atoms with Crippen LogP contribution >= 0.6 is 0 Å². The standard InChI is InChI=1S/C15H22N2O4/c1-10(2)21-15-8-12(6-7-13(15)17(19)20)16-9-11-4-3-5-14(11)18/h6-8,10-11,14,16,18H,3-5,9H2,1-2H3. The van der Waals surface area contributed by atoms with Crippen LogP contribution in [0.4, 0.5) is 11.4 Å². The lowest BCUT2D eigenvalue weighted by atomic mass is 10.1. The second-order valence-corrected chi connectivity index (χ2v) is 5.75. The summed E-state index contributed by atoms with van der Waals surface area (Å²) in [6, 6.07) is 4.78. The topological polar surface area (TPSA) is 84.6 Å². The van der Waals surface area contributed by atoms with Gasteiger partial charge in [-0.15, -0.1) is 0 Å². The second kappa shape index (κ2) is 6.76. The molecule has 2 unspecified atom stereocenters. The van der Waals surface area contributed by atoms with Crippen molar-refractivity contribution in [2.45, 2.75) is 45.3 Å². The van der Waals surface area contributed by atoms with E-state index in [1.54, 1.807) is 12.1 Å². The summed E-state index contributed by atoms with van der Waals surface area (Å²) >= 11 is 0. The molecule has 0 heterocycles. The highest BCUT2D eigenvalue weighted by Crippen LogP contribution is 2.32. The molecule has 0 bridgehead atoms. The van der Waals surface area contributed by atoms with Gasteiger partial charge in [-0.25, -0.2) is 0 Å². The molecule has 2 atom stereocenters. The number of nitrogens with one attached hydrogen (secondary N) is 1. The Morgan fingerprint density at radius 3 is 2.81 bits per heavy atom. The van der Waals surface area contributed by atoms with Gasteiger partial charge in [0.25, 0.3) is 0 Å². The summed E-state index contributed by atoms with van der Waals surface area (Å²) in [4.78, 5) is 10.6. The maximum atomic E-state index is 11.0. The van der Waals surface area contributed by atoms with Crippen LogP contribution in [0, 0.1) is 16.0 Å². The molecule has 21 heavy (non-hydrogen) atoms. The number of rotatable bonds is 6.